The Balaban J connectivity index is 1.46. The number of hydrogen-bond donors (Lipinski definition) is 1. The smallest absolute Gasteiger partial charge is 0.319 e. The maximum Gasteiger partial charge on any atom is 0.319 e. The summed E-state index contributed by atoms with van der Waals surface area (Å²) in [6, 6.07) is 22.8. The van der Waals surface area contributed by atoms with Gasteiger partial charge in [0, 0.05) is 33.0 Å². The molecule has 0 saturated carbocycles. The number of ketones is 1. The van der Waals surface area contributed by atoms with Crippen LogP contribution in [0.5, 0.6) is 0 Å². The first-order valence-electron chi connectivity index (χ1n) is 12.3. The van der Waals surface area contributed by atoms with Crippen molar-refractivity contribution in [2.75, 3.05) is 0 Å². The average molecular weight is 559 g/mol. The minimum absolute atomic E-state index is 0.117. The normalized spacial score (nSPS) is 20.0. The van der Waals surface area contributed by atoms with Gasteiger partial charge in [0.1, 0.15) is 11.5 Å². The Labute approximate surface area is 224 Å². The van der Waals surface area contributed by atoms with E-state index < -0.39 is 35.2 Å². The summed E-state index contributed by atoms with van der Waals surface area (Å²) in [4.78, 5) is 40.1. The van der Waals surface area contributed by atoms with Crippen molar-refractivity contribution in [2.45, 2.75) is 32.8 Å². The molecule has 1 saturated heterocycles. The zero-order valence-corrected chi connectivity index (χ0v) is 22.4. The van der Waals surface area contributed by atoms with E-state index in [1.165, 1.54) is 0 Å². The van der Waals surface area contributed by atoms with Crippen LogP contribution in [-0.2, 0) is 14.3 Å². The minimum atomic E-state index is -1.16. The molecule has 37 heavy (non-hydrogen) atoms. The number of nitrogens with zero attached hydrogens (tertiary/aromatic N) is 1. The van der Waals surface area contributed by atoms with Gasteiger partial charge in [-0.2, -0.15) is 5.10 Å². The number of carbonyl (C=O) groups excluding carboxylic acids is 3. The summed E-state index contributed by atoms with van der Waals surface area (Å²) >= 11 is 3.39. The highest BCUT2D eigenvalue weighted by Crippen LogP contribution is 2.44. The van der Waals surface area contributed by atoms with E-state index in [9.17, 15) is 14.4 Å². The molecule has 7 heteroatoms. The van der Waals surface area contributed by atoms with E-state index in [1.807, 2.05) is 55.5 Å². The monoisotopic (exact) mass is 558 g/mol. The van der Waals surface area contributed by atoms with Crippen molar-refractivity contribution >= 4 is 39.3 Å². The van der Waals surface area contributed by atoms with Crippen LogP contribution in [0.25, 0.3) is 11.1 Å². The van der Waals surface area contributed by atoms with Crippen LogP contribution in [-0.4, -0.2) is 29.0 Å². The van der Waals surface area contributed by atoms with Crippen LogP contribution in [0.2, 0.25) is 0 Å². The second-order valence-corrected chi connectivity index (χ2v) is 10.9. The summed E-state index contributed by atoms with van der Waals surface area (Å²) in [5.74, 6) is -3.72. The van der Waals surface area contributed by atoms with Crippen LogP contribution in [0.1, 0.15) is 48.7 Å². The Kier molecular flexibility index (Phi) is 6.58. The first-order valence-corrected chi connectivity index (χ1v) is 13.1. The lowest BCUT2D eigenvalue weighted by Gasteiger charge is -2.32. The molecule has 3 aromatic rings. The van der Waals surface area contributed by atoms with Gasteiger partial charge in [-0.05, 0) is 43.5 Å². The SMILES string of the molecule is CC[C@H](C(=O)c1ccc(Br)cc1)[C@@H]1[C@H](C(=O)NN=C2c3ccccc3-c3ccccc32)C(=O)OC1(C)C. The Morgan fingerprint density at radius 1 is 0.946 bits per heavy atom. The molecule has 1 N–H and O–H groups in total. The number of fused-ring (bicyclic) bond motifs is 3. The van der Waals surface area contributed by atoms with Crippen molar-refractivity contribution in [3.05, 3.63) is 94.0 Å². The zero-order valence-electron chi connectivity index (χ0n) is 20.8. The van der Waals surface area contributed by atoms with E-state index in [1.54, 1.807) is 38.1 Å². The molecular weight excluding hydrogens is 532 g/mol. The standard InChI is InChI=1S/C30H27BrN2O4/c1-4-19(27(34)17-13-15-18(31)16-14-17)25-24(29(36)37-30(25,2)3)28(35)33-32-26-22-11-7-5-9-20(22)21-10-6-8-12-23(21)26/h5-16,19,24-25H,4H2,1-3H3,(H,33,35)/t19-,24+,25+/m0/s1. The van der Waals surface area contributed by atoms with Crippen LogP contribution < -0.4 is 5.43 Å². The maximum absolute atomic E-state index is 13.5. The highest BCUT2D eigenvalue weighted by atomic mass is 79.9. The van der Waals surface area contributed by atoms with Gasteiger partial charge in [-0.3, -0.25) is 14.4 Å². The van der Waals surface area contributed by atoms with Crippen molar-refractivity contribution < 1.29 is 19.1 Å². The predicted molar refractivity (Wildman–Crippen MR) is 145 cm³/mol. The third-order valence-corrected chi connectivity index (χ3v) is 7.86. The van der Waals surface area contributed by atoms with Crippen LogP contribution in [0.4, 0.5) is 0 Å². The second kappa shape index (κ2) is 9.71. The number of carbonyl (C=O) groups is 3. The molecule has 0 radical (unpaired) electrons. The molecule has 1 amide bonds. The fourth-order valence-corrected chi connectivity index (χ4v) is 5.92. The van der Waals surface area contributed by atoms with Gasteiger partial charge in [0.25, 0.3) is 5.91 Å². The number of esters is 1. The highest BCUT2D eigenvalue weighted by Gasteiger charge is 2.57. The van der Waals surface area contributed by atoms with E-state index in [4.69, 9.17) is 4.74 Å². The van der Waals surface area contributed by atoms with Crippen LogP contribution in [0, 0.1) is 17.8 Å². The van der Waals surface area contributed by atoms with E-state index in [2.05, 4.69) is 26.5 Å². The van der Waals surface area contributed by atoms with Crippen molar-refractivity contribution in [3.63, 3.8) is 0 Å². The van der Waals surface area contributed by atoms with Gasteiger partial charge in [-0.15, -0.1) is 0 Å². The van der Waals surface area contributed by atoms with Crippen molar-refractivity contribution in [3.8, 4) is 11.1 Å². The first-order chi connectivity index (χ1) is 17.7. The van der Waals surface area contributed by atoms with Gasteiger partial charge >= 0.3 is 5.97 Å². The maximum atomic E-state index is 13.5. The lowest BCUT2D eigenvalue weighted by Crippen LogP contribution is -2.44. The van der Waals surface area contributed by atoms with E-state index >= 15 is 0 Å². The molecule has 0 spiro atoms. The Morgan fingerprint density at radius 3 is 2.03 bits per heavy atom. The fourth-order valence-electron chi connectivity index (χ4n) is 5.65. The van der Waals surface area contributed by atoms with E-state index in [-0.39, 0.29) is 5.78 Å². The van der Waals surface area contributed by atoms with Crippen LogP contribution >= 0.6 is 15.9 Å². The number of ether oxygens (including phenoxy) is 1. The number of amides is 1. The molecule has 1 aliphatic carbocycles. The molecule has 5 rings (SSSR count). The first kappa shape index (κ1) is 25.1. The molecule has 0 bridgehead atoms. The molecule has 0 aromatic heterocycles. The van der Waals surface area contributed by atoms with Gasteiger partial charge in [-0.1, -0.05) is 83.5 Å². The average Bonchev–Trinajstić information content (AvgIpc) is 3.33. The van der Waals surface area contributed by atoms with E-state index in [0.29, 0.717) is 17.7 Å². The molecule has 6 nitrogen and oxygen atoms in total. The number of nitrogens with one attached hydrogen (secondary N) is 1. The second-order valence-electron chi connectivity index (χ2n) is 9.94. The molecule has 1 aliphatic heterocycles. The largest absolute Gasteiger partial charge is 0.459 e. The third kappa shape index (κ3) is 4.42. The van der Waals surface area contributed by atoms with Gasteiger partial charge in [0.05, 0.1) is 5.71 Å². The van der Waals surface area contributed by atoms with Gasteiger partial charge in [0.2, 0.25) is 0 Å². The predicted octanol–water partition coefficient (Wildman–Crippen LogP) is 5.78. The van der Waals surface area contributed by atoms with Gasteiger partial charge < -0.3 is 4.74 Å². The van der Waals surface area contributed by atoms with Crippen LogP contribution in [0.3, 0.4) is 0 Å². The molecular formula is C30H27BrN2O4. The van der Waals surface area contributed by atoms with Crippen LogP contribution in [0.15, 0.2) is 82.4 Å². The van der Waals surface area contributed by atoms with Crippen molar-refractivity contribution in [2.24, 2.45) is 22.9 Å². The lowest BCUT2D eigenvalue weighted by molar-refractivity contribution is -0.150. The molecule has 3 aromatic carbocycles. The Bertz CT molecular complexity index is 1380. The number of Topliss-reactive ketones (excluding diaryl/α,β-unsaturated/α-hetero) is 1. The number of hydrazone groups is 1. The summed E-state index contributed by atoms with van der Waals surface area (Å²) in [5, 5.41) is 4.48. The molecule has 0 unspecified atom stereocenters. The summed E-state index contributed by atoms with van der Waals surface area (Å²) in [7, 11) is 0. The molecule has 3 atom stereocenters. The summed E-state index contributed by atoms with van der Waals surface area (Å²) in [5.41, 5.74) is 6.71. The van der Waals surface area contributed by atoms with Crippen molar-refractivity contribution in [1.82, 2.24) is 5.43 Å². The minimum Gasteiger partial charge on any atom is -0.459 e. The fraction of sp³-hybridized carbons (Fsp3) is 0.267. The zero-order chi connectivity index (χ0) is 26.3. The molecule has 1 heterocycles. The lowest BCUT2D eigenvalue weighted by atomic mass is 9.70. The topological polar surface area (TPSA) is 84.8 Å². The molecule has 1 fully saturated rings. The number of rotatable bonds is 6. The van der Waals surface area contributed by atoms with Gasteiger partial charge in [-0.25, -0.2) is 5.43 Å². The quantitative estimate of drug-likeness (QED) is 0.141. The number of hydrogen-bond acceptors (Lipinski definition) is 5. The Morgan fingerprint density at radius 2 is 1.49 bits per heavy atom. The number of cyclic esters (lactones) is 1. The molecule has 188 valence electrons. The van der Waals surface area contributed by atoms with Crippen molar-refractivity contribution in [1.29, 1.82) is 0 Å². The molecule has 2 aliphatic rings. The van der Waals surface area contributed by atoms with E-state index in [0.717, 1.165) is 26.7 Å². The summed E-state index contributed by atoms with van der Waals surface area (Å²) in [6.45, 7) is 5.41. The highest BCUT2D eigenvalue weighted by molar-refractivity contribution is 9.10. The number of halogens is 1. The summed E-state index contributed by atoms with van der Waals surface area (Å²) in [6.07, 6.45) is 0.457. The Hall–Kier alpha value is -3.58. The summed E-state index contributed by atoms with van der Waals surface area (Å²) < 4.78 is 6.52. The van der Waals surface area contributed by atoms with Gasteiger partial charge in [0.15, 0.2) is 5.78 Å². The third-order valence-electron chi connectivity index (χ3n) is 7.33. The number of benzene rings is 3.